The van der Waals surface area contributed by atoms with Crippen molar-refractivity contribution in [2.24, 2.45) is 0 Å². The van der Waals surface area contributed by atoms with E-state index in [-0.39, 0.29) is 12.3 Å². The smallest absolute Gasteiger partial charge is 0.171 e. The lowest BCUT2D eigenvalue weighted by atomic mass is 10.2. The Balaban J connectivity index is 1.91. The van der Waals surface area contributed by atoms with Crippen LogP contribution in [0.4, 0.5) is 0 Å². The Bertz CT molecular complexity index is 193. The molecule has 0 aromatic carbocycles. The molecule has 5 nitrogen and oxygen atoms in total. The van der Waals surface area contributed by atoms with Gasteiger partial charge >= 0.3 is 0 Å². The second-order valence-electron chi connectivity index (χ2n) is 4.65. The molecule has 1 aliphatic rings. The predicted molar refractivity (Wildman–Crippen MR) is 69.7 cm³/mol. The van der Waals surface area contributed by atoms with E-state index in [0.717, 1.165) is 39.2 Å². The van der Waals surface area contributed by atoms with Gasteiger partial charge in [-0.3, -0.25) is 0 Å². The second kappa shape index (κ2) is 9.69. The van der Waals surface area contributed by atoms with Gasteiger partial charge in [-0.15, -0.1) is 0 Å². The molecule has 1 saturated heterocycles. The van der Waals surface area contributed by atoms with Gasteiger partial charge in [-0.05, 0) is 32.7 Å². The van der Waals surface area contributed by atoms with Crippen LogP contribution >= 0.6 is 0 Å². The van der Waals surface area contributed by atoms with E-state index in [1.54, 1.807) is 14.2 Å². The van der Waals surface area contributed by atoms with Crippen LogP contribution in [0.3, 0.4) is 0 Å². The minimum atomic E-state index is -0.196. The Morgan fingerprint density at radius 2 is 2.11 bits per heavy atom. The summed E-state index contributed by atoms with van der Waals surface area (Å²) in [7, 11) is 3.30. The highest BCUT2D eigenvalue weighted by molar-refractivity contribution is 4.65. The summed E-state index contributed by atoms with van der Waals surface area (Å²) >= 11 is 0. The fourth-order valence-corrected chi connectivity index (χ4v) is 2.10. The summed E-state index contributed by atoms with van der Waals surface area (Å²) in [6.07, 6.45) is 3.42. The Hall–Kier alpha value is -0.200. The van der Waals surface area contributed by atoms with Gasteiger partial charge in [0.2, 0.25) is 0 Å². The monoisotopic (exact) mass is 261 g/mol. The Morgan fingerprint density at radius 1 is 1.33 bits per heavy atom. The molecule has 0 spiro atoms. The first-order valence-electron chi connectivity index (χ1n) is 6.76. The van der Waals surface area contributed by atoms with Crippen LogP contribution in [0.2, 0.25) is 0 Å². The molecule has 0 radical (unpaired) electrons. The number of rotatable bonds is 10. The van der Waals surface area contributed by atoms with Crippen LogP contribution in [-0.4, -0.2) is 59.0 Å². The van der Waals surface area contributed by atoms with Crippen molar-refractivity contribution < 1.29 is 18.9 Å². The zero-order chi connectivity index (χ0) is 13.2. The van der Waals surface area contributed by atoms with E-state index in [9.17, 15) is 0 Å². The maximum Gasteiger partial charge on any atom is 0.171 e. The molecule has 2 unspecified atom stereocenters. The van der Waals surface area contributed by atoms with Crippen LogP contribution < -0.4 is 5.32 Å². The van der Waals surface area contributed by atoms with Crippen molar-refractivity contribution in [2.75, 3.05) is 40.6 Å². The maximum absolute atomic E-state index is 5.59. The van der Waals surface area contributed by atoms with E-state index < -0.39 is 0 Å². The molecule has 1 aliphatic heterocycles. The van der Waals surface area contributed by atoms with Crippen LogP contribution in [0.1, 0.15) is 26.2 Å². The summed E-state index contributed by atoms with van der Waals surface area (Å²) in [5, 5.41) is 3.35. The average Bonchev–Trinajstić information content (AvgIpc) is 2.88. The Kier molecular flexibility index (Phi) is 8.54. The maximum atomic E-state index is 5.59. The fraction of sp³-hybridized carbons (Fsp3) is 1.00. The van der Waals surface area contributed by atoms with E-state index >= 15 is 0 Å². The first-order chi connectivity index (χ1) is 8.77. The summed E-state index contributed by atoms with van der Waals surface area (Å²) in [4.78, 5) is 0. The zero-order valence-corrected chi connectivity index (χ0v) is 11.8. The third-order valence-corrected chi connectivity index (χ3v) is 3.13. The summed E-state index contributed by atoms with van der Waals surface area (Å²) in [6.45, 7) is 5.34. The SMILES string of the molecule is COC(OC)C(C)NCCCOCC1CCCO1. The standard InChI is InChI=1S/C13H27NO4/c1-11(13(15-2)16-3)14-7-5-8-17-10-12-6-4-9-18-12/h11-14H,4-10H2,1-3H3. The molecule has 2 atom stereocenters. The van der Waals surface area contributed by atoms with Crippen molar-refractivity contribution in [3.63, 3.8) is 0 Å². The van der Waals surface area contributed by atoms with E-state index in [4.69, 9.17) is 18.9 Å². The highest BCUT2D eigenvalue weighted by atomic mass is 16.7. The fourth-order valence-electron chi connectivity index (χ4n) is 2.10. The number of hydrogen-bond donors (Lipinski definition) is 1. The highest BCUT2D eigenvalue weighted by Gasteiger charge is 2.16. The number of hydrogen-bond acceptors (Lipinski definition) is 5. The molecular weight excluding hydrogens is 234 g/mol. The van der Waals surface area contributed by atoms with Gasteiger partial charge < -0.3 is 24.3 Å². The first-order valence-corrected chi connectivity index (χ1v) is 6.76. The van der Waals surface area contributed by atoms with Gasteiger partial charge in [0.1, 0.15) is 0 Å². The molecule has 5 heteroatoms. The first kappa shape index (κ1) is 15.9. The molecule has 0 aliphatic carbocycles. The molecule has 1 rings (SSSR count). The van der Waals surface area contributed by atoms with Crippen LogP contribution in [-0.2, 0) is 18.9 Å². The summed E-state index contributed by atoms with van der Waals surface area (Å²) in [6, 6.07) is 0.179. The summed E-state index contributed by atoms with van der Waals surface area (Å²) in [5.41, 5.74) is 0. The van der Waals surface area contributed by atoms with Gasteiger partial charge in [0.25, 0.3) is 0 Å². The third-order valence-electron chi connectivity index (χ3n) is 3.13. The normalized spacial score (nSPS) is 21.7. The van der Waals surface area contributed by atoms with Crippen LogP contribution in [0.5, 0.6) is 0 Å². The second-order valence-corrected chi connectivity index (χ2v) is 4.65. The van der Waals surface area contributed by atoms with Gasteiger partial charge in [0.15, 0.2) is 6.29 Å². The highest BCUT2D eigenvalue weighted by Crippen LogP contribution is 2.11. The third kappa shape index (κ3) is 6.11. The topological polar surface area (TPSA) is 49.0 Å². The molecule has 108 valence electrons. The van der Waals surface area contributed by atoms with Crippen molar-refractivity contribution >= 4 is 0 Å². The van der Waals surface area contributed by atoms with Crippen molar-refractivity contribution in [1.29, 1.82) is 0 Å². The van der Waals surface area contributed by atoms with E-state index in [0.29, 0.717) is 6.10 Å². The molecule has 0 amide bonds. The average molecular weight is 261 g/mol. The minimum absolute atomic E-state index is 0.179. The van der Waals surface area contributed by atoms with Crippen molar-refractivity contribution in [3.8, 4) is 0 Å². The van der Waals surface area contributed by atoms with Gasteiger partial charge in [-0.2, -0.15) is 0 Å². The molecular formula is C13H27NO4. The van der Waals surface area contributed by atoms with Gasteiger partial charge in [-0.1, -0.05) is 0 Å². The van der Waals surface area contributed by atoms with Crippen molar-refractivity contribution in [2.45, 2.75) is 44.6 Å². The van der Waals surface area contributed by atoms with Crippen LogP contribution in [0, 0.1) is 0 Å². The van der Waals surface area contributed by atoms with Crippen LogP contribution in [0.15, 0.2) is 0 Å². The summed E-state index contributed by atoms with van der Waals surface area (Å²) < 4.78 is 21.4. The van der Waals surface area contributed by atoms with Gasteiger partial charge in [0, 0.05) is 27.4 Å². The molecule has 0 bridgehead atoms. The lowest BCUT2D eigenvalue weighted by Crippen LogP contribution is -2.40. The lowest BCUT2D eigenvalue weighted by molar-refractivity contribution is -0.119. The molecule has 18 heavy (non-hydrogen) atoms. The molecule has 0 saturated carbocycles. The van der Waals surface area contributed by atoms with E-state index in [1.807, 2.05) is 6.92 Å². The van der Waals surface area contributed by atoms with Gasteiger partial charge in [-0.25, -0.2) is 0 Å². The lowest BCUT2D eigenvalue weighted by Gasteiger charge is -2.22. The van der Waals surface area contributed by atoms with Crippen molar-refractivity contribution in [3.05, 3.63) is 0 Å². The number of methoxy groups -OCH3 is 2. The van der Waals surface area contributed by atoms with Gasteiger partial charge in [0.05, 0.1) is 18.8 Å². The number of ether oxygens (including phenoxy) is 4. The molecule has 0 aromatic heterocycles. The quantitative estimate of drug-likeness (QED) is 0.472. The molecule has 1 fully saturated rings. The van der Waals surface area contributed by atoms with Crippen LogP contribution in [0.25, 0.3) is 0 Å². The summed E-state index contributed by atoms with van der Waals surface area (Å²) in [5.74, 6) is 0. The Morgan fingerprint density at radius 3 is 2.72 bits per heavy atom. The molecule has 1 N–H and O–H groups in total. The molecule has 0 aromatic rings. The predicted octanol–water partition coefficient (Wildman–Crippen LogP) is 1.17. The Labute approximate surface area is 110 Å². The number of nitrogens with one attached hydrogen (secondary N) is 1. The zero-order valence-electron chi connectivity index (χ0n) is 11.8. The van der Waals surface area contributed by atoms with E-state index in [1.165, 1.54) is 6.42 Å². The van der Waals surface area contributed by atoms with E-state index in [2.05, 4.69) is 5.32 Å². The molecule has 1 heterocycles. The van der Waals surface area contributed by atoms with Crippen molar-refractivity contribution in [1.82, 2.24) is 5.32 Å². The largest absolute Gasteiger partial charge is 0.379 e. The minimum Gasteiger partial charge on any atom is -0.379 e.